The molecular weight excluding hydrogens is 399 g/mol. The molecule has 0 atom stereocenters. The normalized spacial score (nSPS) is 11.9. The number of hydrogen-bond acceptors (Lipinski definition) is 4. The predicted molar refractivity (Wildman–Crippen MR) is 66.4 cm³/mol. The first-order chi connectivity index (χ1) is 8.74. The topological polar surface area (TPSA) is 36.9 Å². The van der Waals surface area contributed by atoms with Gasteiger partial charge in [-0.15, -0.1) is 0 Å². The second kappa shape index (κ2) is 12.7. The molecular formula is C13H27HfO4. The molecule has 18 heavy (non-hydrogen) atoms. The molecule has 0 aromatic carbocycles. The monoisotopic (exact) mass is 427 g/mol. The van der Waals surface area contributed by atoms with Crippen molar-refractivity contribution in [3.05, 3.63) is 0 Å². The molecule has 0 rings (SSSR count). The van der Waals surface area contributed by atoms with E-state index < -0.39 is 6.16 Å². The number of rotatable bonds is 13. The molecule has 0 N–H and O–H groups in total. The Morgan fingerprint density at radius 2 is 1.06 bits per heavy atom. The van der Waals surface area contributed by atoms with E-state index in [2.05, 4.69) is 20.8 Å². The third kappa shape index (κ3) is 8.75. The van der Waals surface area contributed by atoms with E-state index in [0.717, 1.165) is 38.5 Å². The van der Waals surface area contributed by atoms with Gasteiger partial charge in [-0.05, 0) is 0 Å². The van der Waals surface area contributed by atoms with Crippen molar-refractivity contribution < 1.29 is 41.9 Å². The average Bonchev–Trinajstić information content (AvgIpc) is 2.39. The molecule has 0 saturated carbocycles. The van der Waals surface area contributed by atoms with Crippen molar-refractivity contribution in [3.8, 4) is 0 Å². The van der Waals surface area contributed by atoms with Crippen LogP contribution in [0.3, 0.4) is 0 Å². The fourth-order valence-electron chi connectivity index (χ4n) is 1.24. The molecule has 107 valence electrons. The quantitative estimate of drug-likeness (QED) is 0.257. The van der Waals surface area contributed by atoms with Gasteiger partial charge in [-0.3, -0.25) is 0 Å². The number of hydrogen-bond donors (Lipinski definition) is 0. The van der Waals surface area contributed by atoms with Gasteiger partial charge in [-0.25, -0.2) is 0 Å². The van der Waals surface area contributed by atoms with E-state index in [9.17, 15) is 0 Å². The van der Waals surface area contributed by atoms with Gasteiger partial charge in [-0.2, -0.15) is 0 Å². The molecule has 0 fully saturated rings. The van der Waals surface area contributed by atoms with Gasteiger partial charge in [0.15, 0.2) is 0 Å². The van der Waals surface area contributed by atoms with Crippen molar-refractivity contribution in [1.82, 2.24) is 0 Å². The Morgan fingerprint density at radius 3 is 1.28 bits per heavy atom. The maximum atomic E-state index is 5.68. The van der Waals surface area contributed by atoms with Gasteiger partial charge in [0.05, 0.1) is 0 Å². The Bertz CT molecular complexity index is 152. The van der Waals surface area contributed by atoms with E-state index >= 15 is 0 Å². The minimum absolute atomic E-state index is 0.526. The van der Waals surface area contributed by atoms with Crippen LogP contribution in [0, 0.1) is 0 Å². The van der Waals surface area contributed by atoms with E-state index in [1.807, 2.05) is 0 Å². The van der Waals surface area contributed by atoms with Gasteiger partial charge in [0.1, 0.15) is 0 Å². The van der Waals surface area contributed by atoms with Crippen LogP contribution in [-0.2, 0) is 41.9 Å². The minimum atomic E-state index is -1.24. The van der Waals surface area contributed by atoms with Crippen molar-refractivity contribution in [2.75, 3.05) is 19.8 Å². The summed E-state index contributed by atoms with van der Waals surface area (Å²) in [5.41, 5.74) is 0. The van der Waals surface area contributed by atoms with Crippen LogP contribution in [0.1, 0.15) is 59.3 Å². The number of unbranched alkanes of at least 4 members (excludes halogenated alkanes) is 3. The Hall–Kier alpha value is 0.710. The van der Waals surface area contributed by atoms with Crippen LogP contribution in [0.25, 0.3) is 0 Å². The first-order valence-corrected chi connectivity index (χ1v) is 8.47. The second-order valence-corrected chi connectivity index (χ2v) is 4.94. The van der Waals surface area contributed by atoms with Crippen molar-refractivity contribution in [1.29, 1.82) is 0 Å². The Morgan fingerprint density at radius 1 is 0.722 bits per heavy atom. The van der Waals surface area contributed by atoms with Gasteiger partial charge in [0, 0.05) is 0 Å². The van der Waals surface area contributed by atoms with Crippen LogP contribution >= 0.6 is 0 Å². The molecule has 0 aliphatic heterocycles. The van der Waals surface area contributed by atoms with Gasteiger partial charge in [-0.1, -0.05) is 0 Å². The number of ether oxygens (including phenoxy) is 3. The molecule has 0 amide bonds. The standard InChI is InChI=1S/C13H27O4.Hf/c1-4-7-10-15-13(14,16-11-8-5-2)17-12-9-6-3;/h4-12H2,1-3H3;/q-1;+1. The molecule has 5 heteroatoms. The van der Waals surface area contributed by atoms with E-state index in [-0.39, 0.29) is 0 Å². The Labute approximate surface area is 127 Å². The van der Waals surface area contributed by atoms with Crippen LogP contribution in [0.15, 0.2) is 0 Å². The van der Waals surface area contributed by atoms with Gasteiger partial charge in [0.2, 0.25) is 0 Å². The van der Waals surface area contributed by atoms with Crippen molar-refractivity contribution in [3.63, 3.8) is 0 Å². The summed E-state index contributed by atoms with van der Waals surface area (Å²) in [7, 11) is 0. The molecule has 0 aliphatic rings. The molecule has 0 aliphatic carbocycles. The first kappa shape index (κ1) is 18.7. The Kier molecular flexibility index (Phi) is 13.2. The predicted octanol–water partition coefficient (Wildman–Crippen LogP) is 3.53. The van der Waals surface area contributed by atoms with E-state index in [4.69, 9.17) is 17.1 Å². The summed E-state index contributed by atoms with van der Waals surface area (Å²) in [6.45, 7) is 8.21. The molecule has 0 aromatic rings. The second-order valence-electron chi connectivity index (χ2n) is 4.21. The van der Waals surface area contributed by atoms with Crippen molar-refractivity contribution in [2.45, 2.75) is 65.5 Å². The van der Waals surface area contributed by atoms with E-state index in [0.29, 0.717) is 44.6 Å². The zero-order valence-electron chi connectivity index (χ0n) is 12.0. The molecule has 0 unspecified atom stereocenters. The first-order valence-electron chi connectivity index (χ1n) is 7.01. The third-order valence-corrected chi connectivity index (χ3v) is 3.35. The van der Waals surface area contributed by atoms with Gasteiger partial charge in [0.25, 0.3) is 0 Å². The van der Waals surface area contributed by atoms with Crippen LogP contribution in [0.4, 0.5) is 0 Å². The SMILES string of the molecule is CCCCOC([O][Hf])(OCCCC)OCCCC. The molecule has 0 spiro atoms. The molecule has 0 aromatic heterocycles. The summed E-state index contributed by atoms with van der Waals surface area (Å²) in [4.78, 5) is 0. The van der Waals surface area contributed by atoms with E-state index in [1.165, 1.54) is 0 Å². The van der Waals surface area contributed by atoms with Crippen LogP contribution in [-0.4, -0.2) is 26.0 Å². The maximum absolute atomic E-state index is 5.68. The molecule has 0 radical (unpaired) electrons. The molecule has 0 saturated heterocycles. The zero-order chi connectivity index (χ0) is 13.7. The summed E-state index contributed by atoms with van der Waals surface area (Å²) in [6.07, 6.45) is 4.97. The van der Waals surface area contributed by atoms with Gasteiger partial charge >= 0.3 is 127 Å². The summed E-state index contributed by atoms with van der Waals surface area (Å²) in [6, 6.07) is 0. The molecule has 0 heterocycles. The zero-order valence-corrected chi connectivity index (χ0v) is 15.6. The van der Waals surface area contributed by atoms with Gasteiger partial charge < -0.3 is 0 Å². The van der Waals surface area contributed by atoms with Crippen LogP contribution in [0.5, 0.6) is 0 Å². The van der Waals surface area contributed by atoms with Crippen molar-refractivity contribution >= 4 is 0 Å². The van der Waals surface area contributed by atoms with Crippen LogP contribution in [0.2, 0.25) is 0 Å². The fourth-order valence-corrected chi connectivity index (χ4v) is 1.87. The summed E-state index contributed by atoms with van der Waals surface area (Å²) in [5, 5.41) is 0. The van der Waals surface area contributed by atoms with Crippen molar-refractivity contribution in [2.24, 2.45) is 0 Å². The van der Waals surface area contributed by atoms with Crippen LogP contribution < -0.4 is 0 Å². The molecule has 0 bridgehead atoms. The summed E-state index contributed by atoms with van der Waals surface area (Å²) >= 11 is 0.526. The molecule has 4 nitrogen and oxygen atoms in total. The summed E-state index contributed by atoms with van der Waals surface area (Å²) < 4.78 is 22.5. The van der Waals surface area contributed by atoms with E-state index in [1.54, 1.807) is 0 Å². The average molecular weight is 426 g/mol. The fraction of sp³-hybridized carbons (Fsp3) is 1.00. The Balaban J connectivity index is 4.20. The summed E-state index contributed by atoms with van der Waals surface area (Å²) in [5.74, 6) is 0. The third-order valence-electron chi connectivity index (χ3n) is 2.46.